The summed E-state index contributed by atoms with van der Waals surface area (Å²) in [6, 6.07) is 12.4. The fraction of sp³-hybridized carbons (Fsp3) is 0.429. The smallest absolute Gasteiger partial charge is 0.231 e. The van der Waals surface area contributed by atoms with E-state index in [0.717, 1.165) is 33.9 Å². The number of methoxy groups -OCH3 is 1. The monoisotopic (exact) mass is 354 g/mol. The first-order chi connectivity index (χ1) is 12.7. The molecule has 3 heterocycles. The molecule has 26 heavy (non-hydrogen) atoms. The van der Waals surface area contributed by atoms with Crippen LogP contribution in [0.25, 0.3) is 0 Å². The van der Waals surface area contributed by atoms with Crippen LogP contribution >= 0.6 is 0 Å². The predicted octanol–water partition coefficient (Wildman–Crippen LogP) is 3.81. The largest absolute Gasteiger partial charge is 0.496 e. The van der Waals surface area contributed by atoms with Gasteiger partial charge in [-0.25, -0.2) is 0 Å². The highest BCUT2D eigenvalue weighted by Gasteiger charge is 2.48. The van der Waals surface area contributed by atoms with E-state index in [1.807, 2.05) is 12.1 Å². The summed E-state index contributed by atoms with van der Waals surface area (Å²) in [4.78, 5) is 0. The lowest BCUT2D eigenvalue weighted by Crippen LogP contribution is -2.14. The molecule has 2 aromatic rings. The van der Waals surface area contributed by atoms with E-state index in [0.29, 0.717) is 25.0 Å². The standard InChI is InChI=1S/C21H22O5/c1-12-3-4-13(7-18(12)22-2)20-15-9-24-21(16(15)10-23-20)14-5-6-17-19(8-14)26-11-25-17/h3-8,15-16,20-21H,9-11H2,1-2H3/t15-,16-,20-,21+/m0/s1. The van der Waals surface area contributed by atoms with Gasteiger partial charge in [0.1, 0.15) is 5.75 Å². The van der Waals surface area contributed by atoms with Crippen LogP contribution in [0.5, 0.6) is 17.2 Å². The van der Waals surface area contributed by atoms with Gasteiger partial charge in [-0.2, -0.15) is 0 Å². The van der Waals surface area contributed by atoms with Crippen LogP contribution in [-0.2, 0) is 9.47 Å². The van der Waals surface area contributed by atoms with Crippen molar-refractivity contribution < 1.29 is 23.7 Å². The Morgan fingerprint density at radius 1 is 0.846 bits per heavy atom. The maximum absolute atomic E-state index is 6.20. The number of hydrogen-bond donors (Lipinski definition) is 0. The molecule has 0 amide bonds. The third-order valence-electron chi connectivity index (χ3n) is 5.75. The Morgan fingerprint density at radius 2 is 1.50 bits per heavy atom. The Labute approximate surface area is 152 Å². The van der Waals surface area contributed by atoms with Gasteiger partial charge in [0.05, 0.1) is 32.5 Å². The number of fused-ring (bicyclic) bond motifs is 2. The summed E-state index contributed by atoms with van der Waals surface area (Å²) < 4.78 is 28.8. The zero-order chi connectivity index (χ0) is 17.7. The minimum atomic E-state index is 0.0341. The lowest BCUT2D eigenvalue weighted by atomic mass is 9.84. The summed E-state index contributed by atoms with van der Waals surface area (Å²) in [5.41, 5.74) is 3.43. The third kappa shape index (κ3) is 2.46. The second-order valence-corrected chi connectivity index (χ2v) is 7.18. The molecule has 5 nitrogen and oxygen atoms in total. The average molecular weight is 354 g/mol. The minimum absolute atomic E-state index is 0.0341. The zero-order valence-corrected chi connectivity index (χ0v) is 14.9. The third-order valence-corrected chi connectivity index (χ3v) is 5.75. The van der Waals surface area contributed by atoms with E-state index in [9.17, 15) is 0 Å². The number of benzene rings is 2. The van der Waals surface area contributed by atoms with Gasteiger partial charge in [-0.3, -0.25) is 0 Å². The molecule has 3 aliphatic rings. The molecule has 5 heteroatoms. The molecule has 4 atom stereocenters. The van der Waals surface area contributed by atoms with Crippen LogP contribution in [0.2, 0.25) is 0 Å². The Kier molecular flexibility index (Phi) is 3.80. The van der Waals surface area contributed by atoms with E-state index in [-0.39, 0.29) is 19.0 Å². The van der Waals surface area contributed by atoms with Gasteiger partial charge in [-0.05, 0) is 41.8 Å². The van der Waals surface area contributed by atoms with Crippen molar-refractivity contribution in [2.75, 3.05) is 27.1 Å². The summed E-state index contributed by atoms with van der Waals surface area (Å²) in [6.45, 7) is 3.74. The Hall–Kier alpha value is -2.24. The molecule has 0 aromatic heterocycles. The van der Waals surface area contributed by atoms with Crippen LogP contribution in [0, 0.1) is 18.8 Å². The van der Waals surface area contributed by atoms with E-state index in [1.54, 1.807) is 7.11 Å². The van der Waals surface area contributed by atoms with Gasteiger partial charge in [0.25, 0.3) is 0 Å². The first kappa shape index (κ1) is 16.0. The molecular weight excluding hydrogens is 332 g/mol. The zero-order valence-electron chi connectivity index (χ0n) is 14.9. The Balaban J connectivity index is 1.40. The van der Waals surface area contributed by atoms with Gasteiger partial charge in [0.15, 0.2) is 11.5 Å². The van der Waals surface area contributed by atoms with Crippen molar-refractivity contribution in [1.82, 2.24) is 0 Å². The second-order valence-electron chi connectivity index (χ2n) is 7.18. The molecule has 0 bridgehead atoms. The fourth-order valence-electron chi connectivity index (χ4n) is 4.34. The normalized spacial score (nSPS) is 29.0. The number of ether oxygens (including phenoxy) is 5. The molecule has 0 N–H and O–H groups in total. The maximum atomic E-state index is 6.20. The summed E-state index contributed by atoms with van der Waals surface area (Å²) in [5, 5.41) is 0. The second kappa shape index (κ2) is 6.18. The summed E-state index contributed by atoms with van der Waals surface area (Å²) >= 11 is 0. The van der Waals surface area contributed by atoms with Crippen LogP contribution < -0.4 is 14.2 Å². The Bertz CT molecular complexity index is 808. The van der Waals surface area contributed by atoms with Gasteiger partial charge < -0.3 is 23.7 Å². The molecule has 3 aliphatic heterocycles. The van der Waals surface area contributed by atoms with Gasteiger partial charge in [0.2, 0.25) is 6.79 Å². The van der Waals surface area contributed by atoms with Crippen molar-refractivity contribution >= 4 is 0 Å². The highest BCUT2D eigenvalue weighted by atomic mass is 16.7. The lowest BCUT2D eigenvalue weighted by molar-refractivity contribution is 0.0192. The molecule has 0 spiro atoms. The van der Waals surface area contributed by atoms with Crippen LogP contribution in [0.4, 0.5) is 0 Å². The van der Waals surface area contributed by atoms with Crippen molar-refractivity contribution in [1.29, 1.82) is 0 Å². The molecule has 0 radical (unpaired) electrons. The van der Waals surface area contributed by atoms with Crippen LogP contribution in [0.15, 0.2) is 36.4 Å². The number of aryl methyl sites for hydroxylation is 1. The van der Waals surface area contributed by atoms with E-state index >= 15 is 0 Å². The first-order valence-corrected chi connectivity index (χ1v) is 9.02. The summed E-state index contributed by atoms with van der Waals surface area (Å²) in [6.07, 6.45) is 0.0837. The molecular formula is C21H22O5. The van der Waals surface area contributed by atoms with Gasteiger partial charge in [0, 0.05) is 11.8 Å². The van der Waals surface area contributed by atoms with Crippen LogP contribution in [0.1, 0.15) is 28.9 Å². The molecule has 0 unspecified atom stereocenters. The average Bonchev–Trinajstić information content (AvgIpc) is 3.37. The van der Waals surface area contributed by atoms with Crippen molar-refractivity contribution in [3.8, 4) is 17.2 Å². The van der Waals surface area contributed by atoms with Crippen molar-refractivity contribution in [2.45, 2.75) is 19.1 Å². The SMILES string of the molecule is COc1cc([C@@H]2OC[C@H]3[C@@H]2CO[C@@H]3c2ccc3c(c2)OCO3)ccc1C. The molecule has 2 saturated heterocycles. The van der Waals surface area contributed by atoms with Crippen molar-refractivity contribution in [3.05, 3.63) is 53.1 Å². The van der Waals surface area contributed by atoms with Crippen LogP contribution in [0.3, 0.4) is 0 Å². The number of rotatable bonds is 3. The molecule has 2 aromatic carbocycles. The van der Waals surface area contributed by atoms with Gasteiger partial charge in [-0.1, -0.05) is 18.2 Å². The predicted molar refractivity (Wildman–Crippen MR) is 94.7 cm³/mol. The molecule has 2 fully saturated rings. The minimum Gasteiger partial charge on any atom is -0.496 e. The highest BCUT2D eigenvalue weighted by Crippen LogP contribution is 2.51. The molecule has 136 valence electrons. The van der Waals surface area contributed by atoms with Gasteiger partial charge >= 0.3 is 0 Å². The highest BCUT2D eigenvalue weighted by molar-refractivity contribution is 5.45. The maximum Gasteiger partial charge on any atom is 0.231 e. The lowest BCUT2D eigenvalue weighted by Gasteiger charge is -2.18. The van der Waals surface area contributed by atoms with Gasteiger partial charge in [-0.15, -0.1) is 0 Å². The van der Waals surface area contributed by atoms with Crippen LogP contribution in [-0.4, -0.2) is 27.1 Å². The molecule has 5 rings (SSSR count). The van der Waals surface area contributed by atoms with Crippen molar-refractivity contribution in [3.63, 3.8) is 0 Å². The van der Waals surface area contributed by atoms with E-state index in [1.165, 1.54) is 0 Å². The van der Waals surface area contributed by atoms with Crippen molar-refractivity contribution in [2.24, 2.45) is 11.8 Å². The topological polar surface area (TPSA) is 46.2 Å². The summed E-state index contributed by atoms with van der Waals surface area (Å²) in [5.74, 6) is 3.19. The number of hydrogen-bond acceptors (Lipinski definition) is 5. The van der Waals surface area contributed by atoms with E-state index in [2.05, 4.69) is 31.2 Å². The fourth-order valence-corrected chi connectivity index (χ4v) is 4.34. The summed E-state index contributed by atoms with van der Waals surface area (Å²) in [7, 11) is 1.71. The molecule has 0 aliphatic carbocycles. The quantitative estimate of drug-likeness (QED) is 0.839. The van der Waals surface area contributed by atoms with E-state index in [4.69, 9.17) is 23.7 Å². The first-order valence-electron chi connectivity index (χ1n) is 9.02. The molecule has 0 saturated carbocycles. The Morgan fingerprint density at radius 3 is 2.23 bits per heavy atom. The van der Waals surface area contributed by atoms with E-state index < -0.39 is 0 Å².